The molecule has 0 radical (unpaired) electrons. The molecule has 0 saturated carbocycles. The van der Waals surface area contributed by atoms with Crippen LogP contribution in [-0.2, 0) is 6.54 Å². The van der Waals surface area contributed by atoms with Gasteiger partial charge in [0, 0.05) is 30.3 Å². The number of hydrogen-bond acceptors (Lipinski definition) is 3. The van der Waals surface area contributed by atoms with E-state index in [-0.39, 0.29) is 5.91 Å². The second-order valence-electron chi connectivity index (χ2n) is 5.58. The van der Waals surface area contributed by atoms with E-state index in [2.05, 4.69) is 15.6 Å². The summed E-state index contributed by atoms with van der Waals surface area (Å²) in [5.74, 6) is -0.131. The van der Waals surface area contributed by atoms with Gasteiger partial charge in [0.1, 0.15) is 0 Å². The third kappa shape index (κ3) is 3.98. The average molecular weight is 317 g/mol. The van der Waals surface area contributed by atoms with Crippen LogP contribution in [0.25, 0.3) is 0 Å². The fraction of sp³-hybridized carbons (Fsp3) is 0.100. The molecule has 4 heteroatoms. The van der Waals surface area contributed by atoms with Gasteiger partial charge in [0.15, 0.2) is 0 Å². The van der Waals surface area contributed by atoms with Gasteiger partial charge in [-0.1, -0.05) is 35.9 Å². The number of amides is 1. The topological polar surface area (TPSA) is 54.0 Å². The summed E-state index contributed by atoms with van der Waals surface area (Å²) in [6.45, 7) is 2.63. The second-order valence-corrected chi connectivity index (χ2v) is 5.58. The molecule has 1 aromatic heterocycles. The number of aryl methyl sites for hydroxylation is 1. The van der Waals surface area contributed by atoms with Crippen LogP contribution in [0.15, 0.2) is 73.1 Å². The van der Waals surface area contributed by atoms with Gasteiger partial charge in [-0.05, 0) is 42.8 Å². The van der Waals surface area contributed by atoms with Gasteiger partial charge in [-0.3, -0.25) is 9.78 Å². The van der Waals surface area contributed by atoms with Crippen LogP contribution in [0.4, 0.5) is 11.4 Å². The maximum absolute atomic E-state index is 12.6. The molecular weight excluding hydrogens is 298 g/mol. The van der Waals surface area contributed by atoms with E-state index in [0.29, 0.717) is 12.1 Å². The molecule has 1 amide bonds. The zero-order chi connectivity index (χ0) is 16.8. The van der Waals surface area contributed by atoms with Gasteiger partial charge in [-0.25, -0.2) is 0 Å². The van der Waals surface area contributed by atoms with Crippen LogP contribution < -0.4 is 10.6 Å². The number of nitrogens with one attached hydrogen (secondary N) is 2. The first-order valence-electron chi connectivity index (χ1n) is 7.82. The molecule has 4 nitrogen and oxygen atoms in total. The van der Waals surface area contributed by atoms with Gasteiger partial charge < -0.3 is 10.6 Å². The molecule has 2 aromatic carbocycles. The summed E-state index contributed by atoms with van der Waals surface area (Å²) in [6.07, 6.45) is 3.55. The molecule has 0 aliphatic rings. The number of carbonyl (C=O) groups excluding carboxylic acids is 1. The average Bonchev–Trinajstić information content (AvgIpc) is 2.63. The molecule has 24 heavy (non-hydrogen) atoms. The van der Waals surface area contributed by atoms with Crippen molar-refractivity contribution in [2.24, 2.45) is 0 Å². The smallest absolute Gasteiger partial charge is 0.257 e. The van der Waals surface area contributed by atoms with E-state index in [1.165, 1.54) is 0 Å². The maximum Gasteiger partial charge on any atom is 0.257 e. The van der Waals surface area contributed by atoms with E-state index in [4.69, 9.17) is 0 Å². The molecule has 0 bridgehead atoms. The number of aromatic nitrogens is 1. The van der Waals surface area contributed by atoms with Gasteiger partial charge in [-0.15, -0.1) is 0 Å². The Morgan fingerprint density at radius 2 is 1.79 bits per heavy atom. The fourth-order valence-corrected chi connectivity index (χ4v) is 2.37. The quantitative estimate of drug-likeness (QED) is 0.739. The van der Waals surface area contributed by atoms with E-state index < -0.39 is 0 Å². The third-order valence-electron chi connectivity index (χ3n) is 3.69. The highest BCUT2D eigenvalue weighted by Gasteiger charge is 2.11. The standard InChI is InChI=1S/C20H19N3O/c1-15-8-10-17(11-9-15)23-20(24)18-6-2-3-7-19(18)22-14-16-5-4-12-21-13-16/h2-13,22H,14H2,1H3,(H,23,24). The molecule has 0 spiro atoms. The Labute approximate surface area is 141 Å². The number of pyridine rings is 1. The number of hydrogen-bond donors (Lipinski definition) is 2. The Kier molecular flexibility index (Phi) is 4.87. The van der Waals surface area contributed by atoms with Crippen LogP contribution >= 0.6 is 0 Å². The normalized spacial score (nSPS) is 10.2. The molecule has 3 aromatic rings. The summed E-state index contributed by atoms with van der Waals surface area (Å²) < 4.78 is 0. The minimum atomic E-state index is -0.131. The van der Waals surface area contributed by atoms with Crippen molar-refractivity contribution in [3.63, 3.8) is 0 Å². The van der Waals surface area contributed by atoms with Crippen molar-refractivity contribution in [2.45, 2.75) is 13.5 Å². The number of anilines is 2. The first-order valence-corrected chi connectivity index (χ1v) is 7.82. The molecule has 0 atom stereocenters. The molecule has 0 saturated heterocycles. The SMILES string of the molecule is Cc1ccc(NC(=O)c2ccccc2NCc2cccnc2)cc1. The molecule has 0 unspecified atom stereocenters. The molecule has 0 fully saturated rings. The molecule has 120 valence electrons. The van der Waals surface area contributed by atoms with Crippen molar-refractivity contribution in [1.82, 2.24) is 4.98 Å². The lowest BCUT2D eigenvalue weighted by molar-refractivity contribution is 0.102. The maximum atomic E-state index is 12.6. The van der Waals surface area contributed by atoms with Crippen molar-refractivity contribution < 1.29 is 4.79 Å². The predicted molar refractivity (Wildman–Crippen MR) is 97.1 cm³/mol. The second kappa shape index (κ2) is 7.42. The van der Waals surface area contributed by atoms with Crippen molar-refractivity contribution in [1.29, 1.82) is 0 Å². The Morgan fingerprint density at radius 1 is 1.00 bits per heavy atom. The number of carbonyl (C=O) groups is 1. The number of rotatable bonds is 5. The van der Waals surface area contributed by atoms with Gasteiger partial charge in [-0.2, -0.15) is 0 Å². The summed E-state index contributed by atoms with van der Waals surface area (Å²) in [7, 11) is 0. The van der Waals surface area contributed by atoms with Gasteiger partial charge >= 0.3 is 0 Å². The van der Waals surface area contributed by atoms with Gasteiger partial charge in [0.2, 0.25) is 0 Å². The third-order valence-corrected chi connectivity index (χ3v) is 3.69. The van der Waals surface area contributed by atoms with Crippen LogP contribution in [0.1, 0.15) is 21.5 Å². The van der Waals surface area contributed by atoms with Gasteiger partial charge in [0.25, 0.3) is 5.91 Å². The summed E-state index contributed by atoms with van der Waals surface area (Å²) in [5.41, 5.74) is 4.42. The van der Waals surface area contributed by atoms with Crippen molar-refractivity contribution in [3.05, 3.63) is 89.7 Å². The summed E-state index contributed by atoms with van der Waals surface area (Å²) >= 11 is 0. The zero-order valence-corrected chi connectivity index (χ0v) is 13.5. The zero-order valence-electron chi connectivity index (χ0n) is 13.5. The summed E-state index contributed by atoms with van der Waals surface area (Å²) in [5, 5.41) is 6.24. The molecule has 0 aliphatic carbocycles. The van der Waals surface area contributed by atoms with E-state index in [9.17, 15) is 4.79 Å². The highest BCUT2D eigenvalue weighted by molar-refractivity contribution is 6.08. The summed E-state index contributed by atoms with van der Waals surface area (Å²) in [6, 6.07) is 19.1. The Hall–Kier alpha value is -3.14. The number of para-hydroxylation sites is 1. The number of benzene rings is 2. The highest BCUT2D eigenvalue weighted by Crippen LogP contribution is 2.18. The predicted octanol–water partition coefficient (Wildman–Crippen LogP) is 4.25. The van der Waals surface area contributed by atoms with Crippen molar-refractivity contribution in [2.75, 3.05) is 10.6 Å². The van der Waals surface area contributed by atoms with E-state index in [1.54, 1.807) is 6.20 Å². The highest BCUT2D eigenvalue weighted by atomic mass is 16.1. The van der Waals surface area contributed by atoms with E-state index in [0.717, 1.165) is 22.5 Å². The lowest BCUT2D eigenvalue weighted by Crippen LogP contribution is -2.14. The minimum Gasteiger partial charge on any atom is -0.380 e. The molecule has 3 rings (SSSR count). The Bertz CT molecular complexity index is 814. The largest absolute Gasteiger partial charge is 0.380 e. The molecular formula is C20H19N3O. The Balaban J connectivity index is 1.73. The first kappa shape index (κ1) is 15.7. The van der Waals surface area contributed by atoms with Crippen LogP contribution in [-0.4, -0.2) is 10.9 Å². The van der Waals surface area contributed by atoms with E-state index >= 15 is 0 Å². The van der Waals surface area contributed by atoms with Crippen LogP contribution in [0.2, 0.25) is 0 Å². The first-order chi connectivity index (χ1) is 11.7. The van der Waals surface area contributed by atoms with E-state index in [1.807, 2.05) is 73.8 Å². The van der Waals surface area contributed by atoms with Crippen LogP contribution in [0.3, 0.4) is 0 Å². The molecule has 2 N–H and O–H groups in total. The fourth-order valence-electron chi connectivity index (χ4n) is 2.37. The summed E-state index contributed by atoms with van der Waals surface area (Å²) in [4.78, 5) is 16.7. The molecule has 0 aliphatic heterocycles. The van der Waals surface area contributed by atoms with Crippen molar-refractivity contribution in [3.8, 4) is 0 Å². The Morgan fingerprint density at radius 3 is 2.54 bits per heavy atom. The van der Waals surface area contributed by atoms with Crippen LogP contribution in [0.5, 0.6) is 0 Å². The number of nitrogens with zero attached hydrogens (tertiary/aromatic N) is 1. The minimum absolute atomic E-state index is 0.131. The van der Waals surface area contributed by atoms with Crippen molar-refractivity contribution >= 4 is 17.3 Å². The molecule has 1 heterocycles. The van der Waals surface area contributed by atoms with Crippen LogP contribution in [0, 0.1) is 6.92 Å². The monoisotopic (exact) mass is 317 g/mol. The van der Waals surface area contributed by atoms with Gasteiger partial charge in [0.05, 0.1) is 5.56 Å². The lowest BCUT2D eigenvalue weighted by Gasteiger charge is -2.12. The lowest BCUT2D eigenvalue weighted by atomic mass is 10.1.